The second kappa shape index (κ2) is 10.0. The highest BCUT2D eigenvalue weighted by Crippen LogP contribution is 2.33. The Balaban J connectivity index is 1.68. The monoisotopic (exact) mass is 509 g/mol. The lowest BCUT2D eigenvalue weighted by atomic mass is 10.0. The third kappa shape index (κ3) is 5.79. The van der Waals surface area contributed by atoms with E-state index in [-0.39, 0.29) is 18.0 Å². The number of aromatic nitrogens is 3. The summed E-state index contributed by atoms with van der Waals surface area (Å²) >= 11 is 0. The second-order valence-corrected chi connectivity index (χ2v) is 9.01. The fraction of sp³-hybridized carbons (Fsp3) is 0.259. The zero-order chi connectivity index (χ0) is 26.9. The molecule has 1 N–H and O–H groups in total. The summed E-state index contributed by atoms with van der Waals surface area (Å²) in [6.45, 7) is 3.44. The summed E-state index contributed by atoms with van der Waals surface area (Å²) in [4.78, 5) is 35.0. The largest absolute Gasteiger partial charge is 0.416 e. The van der Waals surface area contributed by atoms with E-state index < -0.39 is 17.8 Å². The first-order chi connectivity index (χ1) is 17.4. The first-order valence-corrected chi connectivity index (χ1v) is 11.6. The van der Waals surface area contributed by atoms with Crippen molar-refractivity contribution in [2.45, 2.75) is 32.6 Å². The van der Waals surface area contributed by atoms with Gasteiger partial charge in [0.05, 0.1) is 11.1 Å². The number of halogens is 3. The minimum atomic E-state index is -4.43. The highest BCUT2D eigenvalue weighted by atomic mass is 19.4. The highest BCUT2D eigenvalue weighted by molar-refractivity contribution is 5.92. The summed E-state index contributed by atoms with van der Waals surface area (Å²) in [6.07, 6.45) is -2.86. The van der Waals surface area contributed by atoms with E-state index in [1.54, 1.807) is 52.3 Å². The summed E-state index contributed by atoms with van der Waals surface area (Å²) in [6, 6.07) is 13.4. The maximum absolute atomic E-state index is 13.2. The number of carbonyl (C=O) groups is 1. The Morgan fingerprint density at radius 2 is 1.78 bits per heavy atom. The minimum absolute atomic E-state index is 0.0571. The van der Waals surface area contributed by atoms with Crippen molar-refractivity contribution in [2.75, 3.05) is 19.4 Å². The topological polar surface area (TPSA) is 80.1 Å². The molecular weight excluding hydrogens is 483 g/mol. The van der Waals surface area contributed by atoms with Gasteiger partial charge in [0.25, 0.3) is 5.56 Å². The van der Waals surface area contributed by atoms with Crippen molar-refractivity contribution in [2.24, 2.45) is 0 Å². The Morgan fingerprint density at radius 1 is 1.05 bits per heavy atom. The van der Waals surface area contributed by atoms with Crippen LogP contribution in [0.2, 0.25) is 0 Å². The molecule has 0 saturated carbocycles. The van der Waals surface area contributed by atoms with Crippen molar-refractivity contribution in [3.8, 4) is 11.1 Å². The van der Waals surface area contributed by atoms with Crippen molar-refractivity contribution in [1.29, 1.82) is 0 Å². The van der Waals surface area contributed by atoms with Gasteiger partial charge in [0, 0.05) is 37.8 Å². The Hall–Kier alpha value is -4.21. The average molecular weight is 510 g/mol. The Morgan fingerprint density at radius 3 is 2.46 bits per heavy atom. The lowest BCUT2D eigenvalue weighted by Gasteiger charge is -2.18. The SMILES string of the molecule is Cc1nc(N[C@H](C)c2cccc(C(F)(F)F)c2)c2cc(-c3ccn(CC(=O)N(C)C)c(=O)c3)ccc2n1. The van der Waals surface area contributed by atoms with Gasteiger partial charge >= 0.3 is 6.18 Å². The quantitative estimate of drug-likeness (QED) is 0.394. The number of anilines is 1. The molecule has 1 atom stereocenters. The maximum atomic E-state index is 13.2. The number of fused-ring (bicyclic) bond motifs is 1. The number of pyridine rings is 1. The average Bonchev–Trinajstić information content (AvgIpc) is 2.84. The van der Waals surface area contributed by atoms with Crippen LogP contribution >= 0.6 is 0 Å². The summed E-state index contributed by atoms with van der Waals surface area (Å²) < 4.78 is 40.9. The molecule has 0 aliphatic heterocycles. The van der Waals surface area contributed by atoms with Crippen LogP contribution in [0.1, 0.15) is 29.9 Å². The van der Waals surface area contributed by atoms with E-state index >= 15 is 0 Å². The van der Waals surface area contributed by atoms with Crippen LogP contribution in [0, 0.1) is 6.92 Å². The normalized spacial score (nSPS) is 12.4. The number of aryl methyl sites for hydroxylation is 1. The van der Waals surface area contributed by atoms with E-state index in [9.17, 15) is 22.8 Å². The van der Waals surface area contributed by atoms with Crippen molar-refractivity contribution in [3.05, 3.63) is 88.1 Å². The van der Waals surface area contributed by atoms with Crippen molar-refractivity contribution in [1.82, 2.24) is 19.4 Å². The van der Waals surface area contributed by atoms with Crippen LogP contribution in [0.3, 0.4) is 0 Å². The molecule has 0 spiro atoms. The zero-order valence-electron chi connectivity index (χ0n) is 20.8. The van der Waals surface area contributed by atoms with Crippen LogP contribution in [-0.2, 0) is 17.5 Å². The van der Waals surface area contributed by atoms with Crippen molar-refractivity contribution < 1.29 is 18.0 Å². The van der Waals surface area contributed by atoms with Crippen LogP contribution in [0.5, 0.6) is 0 Å². The molecule has 37 heavy (non-hydrogen) atoms. The predicted molar refractivity (Wildman–Crippen MR) is 136 cm³/mol. The molecule has 7 nitrogen and oxygen atoms in total. The number of likely N-dealkylation sites (N-methyl/N-ethyl adjacent to an activating group) is 1. The number of carbonyl (C=O) groups excluding carboxylic acids is 1. The summed E-state index contributed by atoms with van der Waals surface area (Å²) in [5.74, 6) is 0.782. The van der Waals surface area contributed by atoms with E-state index in [0.717, 1.165) is 17.7 Å². The lowest BCUT2D eigenvalue weighted by Crippen LogP contribution is -2.31. The van der Waals surface area contributed by atoms with E-state index in [1.165, 1.54) is 21.6 Å². The van der Waals surface area contributed by atoms with Gasteiger partial charge in [-0.15, -0.1) is 0 Å². The summed E-state index contributed by atoms with van der Waals surface area (Å²) in [5.41, 5.74) is 1.47. The van der Waals surface area contributed by atoms with E-state index in [1.807, 2.05) is 12.1 Å². The molecule has 10 heteroatoms. The molecule has 2 aromatic heterocycles. The van der Waals surface area contributed by atoms with E-state index in [4.69, 9.17) is 0 Å². The van der Waals surface area contributed by atoms with Crippen LogP contribution in [0.4, 0.5) is 19.0 Å². The molecule has 1 amide bonds. The molecule has 0 unspecified atom stereocenters. The molecule has 0 aliphatic carbocycles. The molecule has 4 aromatic rings. The van der Waals surface area contributed by atoms with Gasteiger partial charge in [0.1, 0.15) is 18.2 Å². The van der Waals surface area contributed by atoms with Gasteiger partial charge in [-0.05, 0) is 60.9 Å². The number of rotatable bonds is 6. The number of amides is 1. The third-order valence-electron chi connectivity index (χ3n) is 6.01. The number of alkyl halides is 3. The molecule has 0 saturated heterocycles. The lowest BCUT2D eigenvalue weighted by molar-refractivity contribution is -0.137. The highest BCUT2D eigenvalue weighted by Gasteiger charge is 2.30. The smallest absolute Gasteiger partial charge is 0.363 e. The van der Waals surface area contributed by atoms with E-state index in [2.05, 4.69) is 15.3 Å². The van der Waals surface area contributed by atoms with Gasteiger partial charge in [-0.25, -0.2) is 9.97 Å². The van der Waals surface area contributed by atoms with Crippen LogP contribution < -0.4 is 10.9 Å². The molecule has 0 bridgehead atoms. The molecular formula is C27H26F3N5O2. The maximum Gasteiger partial charge on any atom is 0.416 e. The van der Waals surface area contributed by atoms with Crippen molar-refractivity contribution >= 4 is 22.6 Å². The van der Waals surface area contributed by atoms with Crippen molar-refractivity contribution in [3.63, 3.8) is 0 Å². The van der Waals surface area contributed by atoms with Gasteiger partial charge in [-0.3, -0.25) is 9.59 Å². The molecule has 192 valence electrons. The van der Waals surface area contributed by atoms with Crippen LogP contribution in [0.25, 0.3) is 22.0 Å². The number of nitrogens with one attached hydrogen (secondary N) is 1. The molecule has 2 aromatic carbocycles. The van der Waals surface area contributed by atoms with Gasteiger partial charge in [0.2, 0.25) is 5.91 Å². The van der Waals surface area contributed by atoms with Gasteiger partial charge in [0.15, 0.2) is 0 Å². The van der Waals surface area contributed by atoms with Crippen LogP contribution in [0.15, 0.2) is 65.6 Å². The predicted octanol–water partition coefficient (Wildman–Crippen LogP) is 5.05. The molecule has 0 aliphatic rings. The second-order valence-electron chi connectivity index (χ2n) is 9.01. The van der Waals surface area contributed by atoms with Crippen LogP contribution in [-0.4, -0.2) is 39.4 Å². The molecule has 4 rings (SSSR count). The molecule has 2 heterocycles. The minimum Gasteiger partial charge on any atom is -0.363 e. The third-order valence-corrected chi connectivity index (χ3v) is 6.01. The molecule has 0 radical (unpaired) electrons. The summed E-state index contributed by atoms with van der Waals surface area (Å²) in [5, 5.41) is 3.89. The van der Waals surface area contributed by atoms with Gasteiger partial charge < -0.3 is 14.8 Å². The number of benzene rings is 2. The first kappa shape index (κ1) is 25.9. The Kier molecular flexibility index (Phi) is 7.02. The fourth-order valence-electron chi connectivity index (χ4n) is 3.91. The van der Waals surface area contributed by atoms with Gasteiger partial charge in [-0.2, -0.15) is 13.2 Å². The van der Waals surface area contributed by atoms with Gasteiger partial charge in [-0.1, -0.05) is 18.2 Å². The first-order valence-electron chi connectivity index (χ1n) is 11.6. The number of nitrogens with zero attached hydrogens (tertiary/aromatic N) is 4. The number of hydrogen-bond acceptors (Lipinski definition) is 5. The fourth-order valence-corrected chi connectivity index (χ4v) is 3.91. The molecule has 0 fully saturated rings. The Bertz CT molecular complexity index is 1530. The standard InChI is InChI=1S/C27H26F3N5O2/c1-16(18-6-5-7-21(12-18)27(28,29)30)31-26-22-13-19(8-9-23(22)32-17(2)33-26)20-10-11-35(24(36)14-20)15-25(37)34(3)4/h5-14,16H,15H2,1-4H3,(H,31,32,33)/t16-/m1/s1. The number of hydrogen-bond donors (Lipinski definition) is 1. The van der Waals surface area contributed by atoms with E-state index in [0.29, 0.717) is 33.7 Å². The zero-order valence-corrected chi connectivity index (χ0v) is 20.8. The Labute approximate surface area is 211 Å². The summed E-state index contributed by atoms with van der Waals surface area (Å²) in [7, 11) is 3.25.